The fourth-order valence-corrected chi connectivity index (χ4v) is 14.9. The smallest absolute Gasteiger partial charge is 0.187 e. The van der Waals surface area contributed by atoms with Gasteiger partial charge in [-0.25, -0.2) is 0 Å². The number of hydrogen-bond donors (Lipinski definition) is 13. The fraction of sp³-hybridized carbons (Fsp3) is 0.958. The van der Waals surface area contributed by atoms with Gasteiger partial charge in [0.1, 0.15) is 73.2 Å². The summed E-state index contributed by atoms with van der Waals surface area (Å²) >= 11 is 0. The van der Waals surface area contributed by atoms with E-state index in [2.05, 4.69) is 26.8 Å². The van der Waals surface area contributed by atoms with E-state index in [1.807, 2.05) is 34.6 Å². The Morgan fingerprint density at radius 1 is 0.642 bits per heavy atom. The van der Waals surface area contributed by atoms with Crippen molar-refractivity contribution < 1.29 is 94.8 Å². The van der Waals surface area contributed by atoms with Gasteiger partial charge in [0.25, 0.3) is 0 Å². The number of aliphatic hydroxyl groups excluding tert-OH is 13. The second-order valence-electron chi connectivity index (χ2n) is 23.1. The van der Waals surface area contributed by atoms with Gasteiger partial charge in [-0.1, -0.05) is 46.3 Å². The molecule has 3 aliphatic heterocycles. The Labute approximate surface area is 393 Å². The molecule has 7 rings (SSSR count). The first-order valence-corrected chi connectivity index (χ1v) is 24.5. The van der Waals surface area contributed by atoms with Gasteiger partial charge in [-0.2, -0.15) is 0 Å². The van der Waals surface area contributed by atoms with Crippen LogP contribution in [0.15, 0.2) is 11.6 Å². The van der Waals surface area contributed by atoms with E-state index in [0.29, 0.717) is 51.4 Å². The monoisotopic (exact) mass is 963 g/mol. The third kappa shape index (κ3) is 9.03. The molecular formula is C48H82O19. The highest BCUT2D eigenvalue weighted by Crippen LogP contribution is 2.76. The Hall–Kier alpha value is -1.02. The molecule has 0 unspecified atom stereocenters. The van der Waals surface area contributed by atoms with Gasteiger partial charge in [0.05, 0.1) is 43.7 Å². The van der Waals surface area contributed by atoms with E-state index >= 15 is 0 Å². The average molecular weight is 963 g/mol. The third-order valence-corrected chi connectivity index (χ3v) is 18.7. The van der Waals surface area contributed by atoms with Gasteiger partial charge in [-0.3, -0.25) is 0 Å². The van der Waals surface area contributed by atoms with E-state index in [-0.39, 0.29) is 17.8 Å². The van der Waals surface area contributed by atoms with Crippen molar-refractivity contribution in [1.82, 2.24) is 0 Å². The van der Waals surface area contributed by atoms with E-state index in [1.54, 1.807) is 0 Å². The summed E-state index contributed by atoms with van der Waals surface area (Å²) < 4.78 is 37.4. The average Bonchev–Trinajstić information content (AvgIpc) is 3.66. The van der Waals surface area contributed by atoms with Crippen LogP contribution < -0.4 is 0 Å². The van der Waals surface area contributed by atoms with Gasteiger partial charge in [0.2, 0.25) is 0 Å². The molecule has 7 fully saturated rings. The maximum Gasteiger partial charge on any atom is 0.187 e. The summed E-state index contributed by atoms with van der Waals surface area (Å²) in [5.41, 5.74) is -2.46. The van der Waals surface area contributed by atoms with Crippen LogP contribution in [-0.2, 0) is 28.4 Å². The molecule has 13 N–H and O–H groups in total. The van der Waals surface area contributed by atoms with Crippen molar-refractivity contribution in [2.75, 3.05) is 19.8 Å². The maximum absolute atomic E-state index is 12.8. The van der Waals surface area contributed by atoms with Crippen LogP contribution in [0, 0.1) is 45.3 Å². The lowest BCUT2D eigenvalue weighted by molar-refractivity contribution is -0.373. The molecule has 3 heterocycles. The largest absolute Gasteiger partial charge is 0.394 e. The molecule has 0 aromatic rings. The number of ether oxygens (including phenoxy) is 6. The first kappa shape index (κ1) is 53.8. The molecule has 26 atom stereocenters. The Kier molecular flexibility index (Phi) is 15.9. The molecule has 3 saturated heterocycles. The zero-order valence-corrected chi connectivity index (χ0v) is 40.3. The summed E-state index contributed by atoms with van der Waals surface area (Å²) in [6.45, 7) is 14.5. The van der Waals surface area contributed by atoms with Crippen LogP contribution in [0.5, 0.6) is 0 Å². The van der Waals surface area contributed by atoms with Gasteiger partial charge in [-0.05, 0) is 117 Å². The zero-order chi connectivity index (χ0) is 49.5. The quantitative estimate of drug-likeness (QED) is 0.0773. The number of aliphatic hydroxyl groups is 13. The Balaban J connectivity index is 1.23. The van der Waals surface area contributed by atoms with Crippen molar-refractivity contribution in [3.8, 4) is 0 Å². The van der Waals surface area contributed by atoms with Crippen LogP contribution in [0.4, 0.5) is 0 Å². The molecule has 0 aromatic heterocycles. The van der Waals surface area contributed by atoms with E-state index in [1.165, 1.54) is 0 Å². The first-order chi connectivity index (χ1) is 31.3. The van der Waals surface area contributed by atoms with E-state index in [9.17, 15) is 66.4 Å². The van der Waals surface area contributed by atoms with Crippen molar-refractivity contribution in [3.05, 3.63) is 11.6 Å². The number of fused-ring (bicyclic) bond motifs is 5. The Bertz CT molecular complexity index is 1710. The van der Waals surface area contributed by atoms with Gasteiger partial charge in [0, 0.05) is 0 Å². The van der Waals surface area contributed by atoms with Gasteiger partial charge >= 0.3 is 0 Å². The van der Waals surface area contributed by atoms with Crippen molar-refractivity contribution in [3.63, 3.8) is 0 Å². The standard InChI is InChI=1S/C48H82O19/c1-21(2)10-9-13-48(8,67-43-38(61)39(33(56)27(20-51)65-43)66-42-37(60)35(58)32(55)26(19-50)64-42)22-11-15-46(6)30(22)23(52)16-28-45(5)14-12-29(53)44(3,4)40(45)24(17-47(28,46)7)62-41-36(59)34(57)31(54)25(18-49)63-41/h10,22-43,49-61H,9,11-20H2,1-8H3/t22-,23+,24-,25+,26+,27+,28+,29-,30-,31+,32+,33+,34-,35-,36+,37+,38+,39-,40-,41+,42+,43-,45+,46+,47+,48-/m0/s1. The van der Waals surface area contributed by atoms with Crippen LogP contribution in [-0.4, -0.2) is 202 Å². The Morgan fingerprint density at radius 2 is 1.18 bits per heavy atom. The van der Waals surface area contributed by atoms with Gasteiger partial charge in [-0.15, -0.1) is 0 Å². The molecule has 0 spiro atoms. The third-order valence-electron chi connectivity index (χ3n) is 18.7. The van der Waals surface area contributed by atoms with Crippen LogP contribution in [0.25, 0.3) is 0 Å². The summed E-state index contributed by atoms with van der Waals surface area (Å²) in [5.74, 6) is -1.15. The highest BCUT2D eigenvalue weighted by Gasteiger charge is 2.74. The predicted molar refractivity (Wildman–Crippen MR) is 235 cm³/mol. The molecule has 0 radical (unpaired) electrons. The minimum Gasteiger partial charge on any atom is -0.394 e. The zero-order valence-electron chi connectivity index (χ0n) is 40.3. The fourth-order valence-electron chi connectivity index (χ4n) is 14.9. The second kappa shape index (κ2) is 19.8. The lowest BCUT2D eigenvalue weighted by Gasteiger charge is -2.72. The molecule has 4 saturated carbocycles. The molecule has 0 aromatic carbocycles. The first-order valence-electron chi connectivity index (χ1n) is 24.5. The molecule has 4 aliphatic carbocycles. The van der Waals surface area contributed by atoms with E-state index < -0.39 is 163 Å². The molecule has 19 heteroatoms. The highest BCUT2D eigenvalue weighted by molar-refractivity contribution is 5.22. The topological polar surface area (TPSA) is 318 Å². The predicted octanol–water partition coefficient (Wildman–Crippen LogP) is -1.06. The molecule has 7 aliphatic rings. The molecular weight excluding hydrogens is 881 g/mol. The second-order valence-corrected chi connectivity index (χ2v) is 23.1. The number of rotatable bonds is 13. The minimum atomic E-state index is -1.85. The molecule has 67 heavy (non-hydrogen) atoms. The lowest BCUT2D eigenvalue weighted by Crippen LogP contribution is -2.71. The number of hydrogen-bond acceptors (Lipinski definition) is 19. The SMILES string of the molecule is CC(C)=CCC[C@](C)(O[C@@H]1O[C@H](CO)[C@@H](O)[C@H](O[C@H]2O[C@H](CO)[C@@H](O)[C@H](O)[C@H]2O)[C@H]1O)[C@H]1CC[C@]2(C)[C@@H]1[C@H](O)C[C@@H]1[C@@]3(C)CC[C@H](O)C(C)(C)[C@@H]3[C@@H](O[C@@H]3O[C@H](CO)[C@@H](O)[C@H](O)[C@H]3O)C[C@]12C. The summed E-state index contributed by atoms with van der Waals surface area (Å²) in [7, 11) is 0. The minimum absolute atomic E-state index is 0.0742. The molecule has 388 valence electrons. The van der Waals surface area contributed by atoms with Gasteiger partial charge < -0.3 is 94.8 Å². The summed E-state index contributed by atoms with van der Waals surface area (Å²) in [6.07, 6.45) is -19.8. The summed E-state index contributed by atoms with van der Waals surface area (Å²) in [6, 6.07) is 0. The van der Waals surface area contributed by atoms with Crippen molar-refractivity contribution in [2.24, 2.45) is 45.3 Å². The van der Waals surface area contributed by atoms with Gasteiger partial charge in [0.15, 0.2) is 18.9 Å². The van der Waals surface area contributed by atoms with E-state index in [4.69, 9.17) is 28.4 Å². The van der Waals surface area contributed by atoms with Crippen molar-refractivity contribution in [1.29, 1.82) is 0 Å². The highest BCUT2D eigenvalue weighted by atomic mass is 16.7. The van der Waals surface area contributed by atoms with Crippen LogP contribution in [0.1, 0.15) is 107 Å². The molecule has 19 nitrogen and oxygen atoms in total. The number of allylic oxidation sites excluding steroid dienone is 2. The molecule has 0 bridgehead atoms. The molecule has 0 amide bonds. The normalized spacial score (nSPS) is 52.9. The maximum atomic E-state index is 12.8. The summed E-state index contributed by atoms with van der Waals surface area (Å²) in [4.78, 5) is 0. The van der Waals surface area contributed by atoms with Crippen LogP contribution in [0.2, 0.25) is 0 Å². The Morgan fingerprint density at radius 3 is 1.73 bits per heavy atom. The van der Waals surface area contributed by atoms with E-state index in [0.717, 1.165) is 5.57 Å². The lowest BCUT2D eigenvalue weighted by atomic mass is 9.34. The van der Waals surface area contributed by atoms with Crippen molar-refractivity contribution >= 4 is 0 Å². The van der Waals surface area contributed by atoms with Crippen LogP contribution in [0.3, 0.4) is 0 Å². The summed E-state index contributed by atoms with van der Waals surface area (Å²) in [5, 5.41) is 142. The van der Waals surface area contributed by atoms with Crippen LogP contribution >= 0.6 is 0 Å². The van der Waals surface area contributed by atoms with Crippen molar-refractivity contribution in [2.45, 2.75) is 223 Å².